The number of anilines is 1. The maximum Gasteiger partial charge on any atom is 0.254 e. The summed E-state index contributed by atoms with van der Waals surface area (Å²) < 4.78 is 10.6. The lowest BCUT2D eigenvalue weighted by Crippen LogP contribution is -2.45. The minimum Gasteiger partial charge on any atom is -0.454 e. The number of hydrogen-bond donors (Lipinski definition) is 0. The average molecular weight is 423 g/mol. The quantitative estimate of drug-likeness (QED) is 0.738. The van der Waals surface area contributed by atoms with Crippen molar-refractivity contribution in [3.8, 4) is 11.5 Å². The third kappa shape index (κ3) is 4.19. The molecule has 31 heavy (non-hydrogen) atoms. The van der Waals surface area contributed by atoms with Gasteiger partial charge in [0.2, 0.25) is 18.6 Å². The van der Waals surface area contributed by atoms with E-state index < -0.39 is 0 Å². The second-order valence-electron chi connectivity index (χ2n) is 7.99. The smallest absolute Gasteiger partial charge is 0.254 e. The molecule has 0 bridgehead atoms. The van der Waals surface area contributed by atoms with Gasteiger partial charge in [-0.15, -0.1) is 0 Å². The standard InChI is InChI=1S/C23H25N3O5/c1-15(2)25(23(29)17-6-9-19-20(10-17)31-14-30-19)12-21(27)24-11-22(28)26(13-24)18-7-4-16(3)5-8-18/h4-10,15H,11-14H2,1-3H3. The third-order valence-corrected chi connectivity index (χ3v) is 5.45. The molecule has 2 aliphatic heterocycles. The van der Waals surface area contributed by atoms with Crippen molar-refractivity contribution in [1.29, 1.82) is 0 Å². The van der Waals surface area contributed by atoms with E-state index in [-0.39, 0.29) is 50.3 Å². The van der Waals surface area contributed by atoms with Crippen LogP contribution in [0.2, 0.25) is 0 Å². The predicted molar refractivity (Wildman–Crippen MR) is 114 cm³/mol. The Hall–Kier alpha value is -3.55. The molecule has 4 rings (SSSR count). The molecule has 1 fully saturated rings. The first-order chi connectivity index (χ1) is 14.8. The molecule has 8 nitrogen and oxygen atoms in total. The van der Waals surface area contributed by atoms with E-state index in [0.29, 0.717) is 17.1 Å². The van der Waals surface area contributed by atoms with Gasteiger partial charge in [0, 0.05) is 17.3 Å². The average Bonchev–Trinajstić information content (AvgIpc) is 3.37. The van der Waals surface area contributed by atoms with E-state index in [0.717, 1.165) is 11.3 Å². The molecule has 0 unspecified atom stereocenters. The van der Waals surface area contributed by atoms with Gasteiger partial charge in [0.1, 0.15) is 19.8 Å². The van der Waals surface area contributed by atoms with Gasteiger partial charge in [0.25, 0.3) is 5.91 Å². The Balaban J connectivity index is 1.46. The number of amides is 3. The third-order valence-electron chi connectivity index (χ3n) is 5.45. The van der Waals surface area contributed by atoms with Gasteiger partial charge in [0.05, 0.1) is 0 Å². The predicted octanol–water partition coefficient (Wildman–Crippen LogP) is 2.41. The molecule has 0 atom stereocenters. The van der Waals surface area contributed by atoms with Gasteiger partial charge < -0.3 is 19.3 Å². The summed E-state index contributed by atoms with van der Waals surface area (Å²) in [6.07, 6.45) is 0. The van der Waals surface area contributed by atoms with Crippen molar-refractivity contribution in [3.05, 3.63) is 53.6 Å². The molecule has 0 N–H and O–H groups in total. The molecule has 3 amide bonds. The highest BCUT2D eigenvalue weighted by molar-refractivity contribution is 6.01. The highest BCUT2D eigenvalue weighted by Crippen LogP contribution is 2.33. The summed E-state index contributed by atoms with van der Waals surface area (Å²) in [6, 6.07) is 12.4. The number of hydrogen-bond acceptors (Lipinski definition) is 5. The van der Waals surface area contributed by atoms with Crippen LogP contribution >= 0.6 is 0 Å². The normalized spacial score (nSPS) is 15.0. The molecule has 2 aromatic rings. The van der Waals surface area contributed by atoms with Crippen LogP contribution in [0, 0.1) is 6.92 Å². The summed E-state index contributed by atoms with van der Waals surface area (Å²) in [5.74, 6) is 0.416. The number of nitrogens with zero attached hydrogens (tertiary/aromatic N) is 3. The van der Waals surface area contributed by atoms with Crippen molar-refractivity contribution in [2.75, 3.05) is 31.5 Å². The fourth-order valence-electron chi connectivity index (χ4n) is 3.60. The van der Waals surface area contributed by atoms with Gasteiger partial charge in [-0.3, -0.25) is 19.3 Å². The van der Waals surface area contributed by atoms with E-state index in [2.05, 4.69) is 0 Å². The summed E-state index contributed by atoms with van der Waals surface area (Å²) in [5, 5.41) is 0. The van der Waals surface area contributed by atoms with Crippen molar-refractivity contribution < 1.29 is 23.9 Å². The molecular formula is C23H25N3O5. The van der Waals surface area contributed by atoms with E-state index >= 15 is 0 Å². The van der Waals surface area contributed by atoms with Crippen molar-refractivity contribution in [2.45, 2.75) is 26.8 Å². The van der Waals surface area contributed by atoms with E-state index in [9.17, 15) is 14.4 Å². The minimum atomic E-state index is -0.275. The molecule has 0 aliphatic carbocycles. The zero-order valence-corrected chi connectivity index (χ0v) is 17.8. The molecule has 2 aliphatic rings. The molecule has 0 spiro atoms. The van der Waals surface area contributed by atoms with Crippen LogP contribution in [0.4, 0.5) is 5.69 Å². The number of ether oxygens (including phenoxy) is 2. The van der Waals surface area contributed by atoms with E-state index in [4.69, 9.17) is 9.47 Å². The fraction of sp³-hybridized carbons (Fsp3) is 0.348. The highest BCUT2D eigenvalue weighted by Gasteiger charge is 2.33. The first-order valence-electron chi connectivity index (χ1n) is 10.2. The number of carbonyl (C=O) groups excluding carboxylic acids is 3. The van der Waals surface area contributed by atoms with Crippen molar-refractivity contribution >= 4 is 23.4 Å². The summed E-state index contributed by atoms with van der Waals surface area (Å²) in [6.45, 7) is 5.86. The van der Waals surface area contributed by atoms with Crippen LogP contribution in [0.1, 0.15) is 29.8 Å². The zero-order valence-electron chi connectivity index (χ0n) is 17.8. The van der Waals surface area contributed by atoms with Gasteiger partial charge in [-0.25, -0.2) is 0 Å². The Morgan fingerprint density at radius 3 is 2.48 bits per heavy atom. The lowest BCUT2D eigenvalue weighted by atomic mass is 10.1. The Morgan fingerprint density at radius 2 is 1.77 bits per heavy atom. The van der Waals surface area contributed by atoms with E-state index in [1.165, 1.54) is 9.80 Å². The second-order valence-corrected chi connectivity index (χ2v) is 7.99. The van der Waals surface area contributed by atoms with Crippen LogP contribution in [-0.2, 0) is 9.59 Å². The molecule has 162 valence electrons. The molecule has 0 aromatic heterocycles. The van der Waals surface area contributed by atoms with Crippen LogP contribution in [-0.4, -0.2) is 60.1 Å². The van der Waals surface area contributed by atoms with Gasteiger partial charge >= 0.3 is 0 Å². The van der Waals surface area contributed by atoms with E-state index in [1.54, 1.807) is 23.1 Å². The number of aryl methyl sites for hydroxylation is 1. The molecule has 2 heterocycles. The van der Waals surface area contributed by atoms with Gasteiger partial charge in [-0.2, -0.15) is 0 Å². The van der Waals surface area contributed by atoms with Crippen LogP contribution < -0.4 is 14.4 Å². The topological polar surface area (TPSA) is 79.4 Å². The number of benzene rings is 2. The second kappa shape index (κ2) is 8.29. The Labute approximate surface area is 180 Å². The van der Waals surface area contributed by atoms with Crippen molar-refractivity contribution in [1.82, 2.24) is 9.80 Å². The molecular weight excluding hydrogens is 398 g/mol. The number of carbonyl (C=O) groups is 3. The van der Waals surface area contributed by atoms with Gasteiger partial charge in [-0.05, 0) is 51.1 Å². The van der Waals surface area contributed by atoms with Gasteiger partial charge in [-0.1, -0.05) is 17.7 Å². The van der Waals surface area contributed by atoms with Crippen LogP contribution in [0.3, 0.4) is 0 Å². The Kier molecular flexibility index (Phi) is 5.54. The van der Waals surface area contributed by atoms with E-state index in [1.807, 2.05) is 45.0 Å². The van der Waals surface area contributed by atoms with Crippen LogP contribution in [0.25, 0.3) is 0 Å². The Bertz CT molecular complexity index is 1020. The maximum absolute atomic E-state index is 13.1. The fourth-order valence-corrected chi connectivity index (χ4v) is 3.60. The first-order valence-corrected chi connectivity index (χ1v) is 10.2. The molecule has 0 saturated carbocycles. The van der Waals surface area contributed by atoms with Crippen LogP contribution in [0.5, 0.6) is 11.5 Å². The van der Waals surface area contributed by atoms with Crippen molar-refractivity contribution in [3.63, 3.8) is 0 Å². The number of fused-ring (bicyclic) bond motifs is 1. The Morgan fingerprint density at radius 1 is 1.06 bits per heavy atom. The maximum atomic E-state index is 13.1. The number of rotatable bonds is 5. The molecule has 2 aromatic carbocycles. The SMILES string of the molecule is Cc1ccc(N2CN(C(=O)CN(C(=O)c3ccc4c(c3)OCO4)C(C)C)CC2=O)cc1. The van der Waals surface area contributed by atoms with Crippen molar-refractivity contribution in [2.24, 2.45) is 0 Å². The first kappa shape index (κ1) is 20.7. The zero-order chi connectivity index (χ0) is 22.1. The molecule has 0 radical (unpaired) electrons. The monoisotopic (exact) mass is 423 g/mol. The summed E-state index contributed by atoms with van der Waals surface area (Å²) in [4.78, 5) is 43.1. The summed E-state index contributed by atoms with van der Waals surface area (Å²) in [5.41, 5.74) is 2.27. The largest absolute Gasteiger partial charge is 0.454 e. The van der Waals surface area contributed by atoms with Crippen LogP contribution in [0.15, 0.2) is 42.5 Å². The van der Waals surface area contributed by atoms with Gasteiger partial charge in [0.15, 0.2) is 11.5 Å². The molecule has 8 heteroatoms. The minimum absolute atomic E-state index is 0.00312. The highest BCUT2D eigenvalue weighted by atomic mass is 16.7. The summed E-state index contributed by atoms with van der Waals surface area (Å²) >= 11 is 0. The molecule has 1 saturated heterocycles. The lowest BCUT2D eigenvalue weighted by molar-refractivity contribution is -0.132. The summed E-state index contributed by atoms with van der Waals surface area (Å²) in [7, 11) is 0. The lowest BCUT2D eigenvalue weighted by Gasteiger charge is -2.28.